The second kappa shape index (κ2) is 7.94. The number of allylic oxidation sites excluding steroid dienone is 6. The van der Waals surface area contributed by atoms with Crippen molar-refractivity contribution in [1.29, 1.82) is 0 Å². The van der Waals surface area contributed by atoms with E-state index < -0.39 is 0 Å². The zero-order chi connectivity index (χ0) is 19.7. The Hall–Kier alpha value is -2.36. The van der Waals surface area contributed by atoms with Crippen molar-refractivity contribution < 1.29 is 0 Å². The molecule has 3 heteroatoms. The van der Waals surface area contributed by atoms with Crippen molar-refractivity contribution in [2.24, 2.45) is 0 Å². The molecular weight excluding hydrogens is 378 g/mol. The molecule has 0 bridgehead atoms. The Morgan fingerprint density at radius 3 is 2.32 bits per heavy atom. The standard InChI is InChI=1S/C25H23NS2/c1-5-9-19-13-12-17(3)20-14-24-25(15-21(20)26(4)16-18(19)6-2)28-23-11-8-7-10-22(23)27-24/h5-15H,2-3,16H2,1,4H3/b9-5-,13-12-,19-18-. The number of likely N-dealkylation sites (N-methyl/N-ethyl adjacent to an activating group) is 1. The average Bonchev–Trinajstić information content (AvgIpc) is 2.75. The Balaban J connectivity index is 1.82. The lowest BCUT2D eigenvalue weighted by atomic mass is 10.0. The van der Waals surface area contributed by atoms with E-state index >= 15 is 0 Å². The van der Waals surface area contributed by atoms with E-state index in [4.69, 9.17) is 0 Å². The molecule has 0 aliphatic carbocycles. The highest BCUT2D eigenvalue weighted by molar-refractivity contribution is 8.05. The monoisotopic (exact) mass is 401 g/mol. The third-order valence-corrected chi connectivity index (χ3v) is 7.47. The highest BCUT2D eigenvalue weighted by atomic mass is 32.2. The lowest BCUT2D eigenvalue weighted by Crippen LogP contribution is -2.21. The number of hydrogen-bond donors (Lipinski definition) is 0. The Kier molecular flexibility index (Phi) is 5.38. The van der Waals surface area contributed by atoms with Gasteiger partial charge in [-0.1, -0.05) is 79.2 Å². The maximum Gasteiger partial charge on any atom is 0.0458 e. The first-order valence-corrected chi connectivity index (χ1v) is 10.9. The Morgan fingerprint density at radius 1 is 1.00 bits per heavy atom. The molecule has 0 aromatic heterocycles. The molecule has 0 radical (unpaired) electrons. The summed E-state index contributed by atoms with van der Waals surface area (Å²) < 4.78 is 0. The molecule has 2 aliphatic rings. The first-order valence-electron chi connectivity index (χ1n) is 9.30. The summed E-state index contributed by atoms with van der Waals surface area (Å²) in [6.45, 7) is 11.3. The van der Waals surface area contributed by atoms with E-state index in [9.17, 15) is 0 Å². The minimum atomic E-state index is 0.807. The number of hydrogen-bond acceptors (Lipinski definition) is 3. The molecular formula is C25H23NS2. The van der Waals surface area contributed by atoms with Gasteiger partial charge in [0.2, 0.25) is 0 Å². The third-order valence-electron chi connectivity index (χ3n) is 4.94. The largest absolute Gasteiger partial charge is 0.370 e. The molecule has 140 valence electrons. The van der Waals surface area contributed by atoms with Crippen molar-refractivity contribution in [3.63, 3.8) is 0 Å². The Bertz CT molecular complexity index is 1060. The minimum Gasteiger partial charge on any atom is -0.370 e. The van der Waals surface area contributed by atoms with E-state index in [-0.39, 0.29) is 0 Å². The van der Waals surface area contributed by atoms with Gasteiger partial charge >= 0.3 is 0 Å². The van der Waals surface area contributed by atoms with Gasteiger partial charge in [-0.05, 0) is 47.9 Å². The van der Waals surface area contributed by atoms with Crippen LogP contribution in [0.4, 0.5) is 5.69 Å². The number of fused-ring (bicyclic) bond motifs is 3. The number of rotatable bonds is 2. The zero-order valence-corrected chi connectivity index (χ0v) is 17.9. The van der Waals surface area contributed by atoms with E-state index in [0.29, 0.717) is 0 Å². The molecule has 0 saturated carbocycles. The molecule has 28 heavy (non-hydrogen) atoms. The summed E-state index contributed by atoms with van der Waals surface area (Å²) in [6.07, 6.45) is 10.4. The fourth-order valence-corrected chi connectivity index (χ4v) is 5.75. The summed E-state index contributed by atoms with van der Waals surface area (Å²) in [6, 6.07) is 13.2. The molecule has 0 fully saturated rings. The van der Waals surface area contributed by atoms with Crippen LogP contribution >= 0.6 is 23.5 Å². The molecule has 2 aromatic carbocycles. The molecule has 4 rings (SSSR count). The smallest absolute Gasteiger partial charge is 0.0458 e. The van der Waals surface area contributed by atoms with Crippen LogP contribution in [0.15, 0.2) is 111 Å². The van der Waals surface area contributed by atoms with Crippen LogP contribution in [0, 0.1) is 0 Å². The molecule has 0 saturated heterocycles. The normalized spacial score (nSPS) is 19.9. The summed E-state index contributed by atoms with van der Waals surface area (Å²) in [5.74, 6) is 0. The maximum absolute atomic E-state index is 4.37. The van der Waals surface area contributed by atoms with Gasteiger partial charge in [-0.2, -0.15) is 0 Å². The molecule has 0 spiro atoms. The second-order valence-corrected chi connectivity index (χ2v) is 9.03. The third kappa shape index (κ3) is 3.52. The fourth-order valence-electron chi connectivity index (χ4n) is 3.48. The molecule has 1 nitrogen and oxygen atoms in total. The van der Waals surface area contributed by atoms with Gasteiger partial charge in [0, 0.05) is 44.4 Å². The van der Waals surface area contributed by atoms with Crippen LogP contribution in [0.25, 0.3) is 5.57 Å². The first-order chi connectivity index (χ1) is 13.6. The van der Waals surface area contributed by atoms with Crippen LogP contribution in [0.5, 0.6) is 0 Å². The first kappa shape index (κ1) is 19.0. The van der Waals surface area contributed by atoms with E-state index in [2.05, 4.69) is 85.8 Å². The molecule has 0 amide bonds. The molecule has 2 heterocycles. The molecule has 2 aromatic rings. The van der Waals surface area contributed by atoms with Crippen molar-refractivity contribution in [2.75, 3.05) is 18.5 Å². The van der Waals surface area contributed by atoms with E-state index in [1.165, 1.54) is 42.0 Å². The highest BCUT2D eigenvalue weighted by Gasteiger charge is 2.22. The lowest BCUT2D eigenvalue weighted by Gasteiger charge is -2.27. The van der Waals surface area contributed by atoms with Gasteiger partial charge in [0.15, 0.2) is 0 Å². The highest BCUT2D eigenvalue weighted by Crippen LogP contribution is 2.50. The molecule has 0 atom stereocenters. The SMILES string of the molecule is C=C/C1=C(\C=C/C)/C=C\C(=C)c2cc3c(cc2N(C)C1)Sc1ccccc1S3. The minimum absolute atomic E-state index is 0.807. The van der Waals surface area contributed by atoms with Gasteiger partial charge in [-0.15, -0.1) is 0 Å². The van der Waals surface area contributed by atoms with Gasteiger partial charge in [0.25, 0.3) is 0 Å². The molecule has 2 aliphatic heterocycles. The van der Waals surface area contributed by atoms with Crippen LogP contribution in [0.1, 0.15) is 12.5 Å². The van der Waals surface area contributed by atoms with Crippen molar-refractivity contribution in [1.82, 2.24) is 0 Å². The van der Waals surface area contributed by atoms with Crippen molar-refractivity contribution >= 4 is 34.8 Å². The quantitative estimate of drug-likeness (QED) is 0.441. The molecule has 0 unspecified atom stereocenters. The average molecular weight is 402 g/mol. The predicted molar refractivity (Wildman–Crippen MR) is 125 cm³/mol. The van der Waals surface area contributed by atoms with Crippen LogP contribution in [-0.2, 0) is 0 Å². The summed E-state index contributed by atoms with van der Waals surface area (Å²) >= 11 is 3.70. The van der Waals surface area contributed by atoms with Crippen LogP contribution < -0.4 is 4.90 Å². The fraction of sp³-hybridized carbons (Fsp3) is 0.120. The predicted octanol–water partition coefficient (Wildman–Crippen LogP) is 7.38. The summed E-state index contributed by atoms with van der Waals surface area (Å²) in [4.78, 5) is 7.56. The van der Waals surface area contributed by atoms with Gasteiger partial charge < -0.3 is 4.90 Å². The summed E-state index contributed by atoms with van der Waals surface area (Å²) in [7, 11) is 2.15. The van der Waals surface area contributed by atoms with Gasteiger partial charge in [0.1, 0.15) is 0 Å². The van der Waals surface area contributed by atoms with Gasteiger partial charge in [-0.25, -0.2) is 0 Å². The Morgan fingerprint density at radius 2 is 1.68 bits per heavy atom. The van der Waals surface area contributed by atoms with Crippen LogP contribution in [0.2, 0.25) is 0 Å². The number of anilines is 1. The van der Waals surface area contributed by atoms with Crippen molar-refractivity contribution in [2.45, 2.75) is 26.5 Å². The van der Waals surface area contributed by atoms with Crippen molar-refractivity contribution in [3.8, 4) is 0 Å². The number of nitrogens with zero attached hydrogens (tertiary/aromatic N) is 1. The van der Waals surface area contributed by atoms with Gasteiger partial charge in [0.05, 0.1) is 0 Å². The van der Waals surface area contributed by atoms with Crippen molar-refractivity contribution in [3.05, 3.63) is 96.6 Å². The van der Waals surface area contributed by atoms with Crippen LogP contribution in [-0.4, -0.2) is 13.6 Å². The van der Waals surface area contributed by atoms with Crippen LogP contribution in [0.3, 0.4) is 0 Å². The van der Waals surface area contributed by atoms with E-state index in [1.807, 2.05) is 36.5 Å². The molecule has 0 N–H and O–H groups in total. The Labute approximate surface area is 176 Å². The topological polar surface area (TPSA) is 3.24 Å². The number of benzene rings is 2. The van der Waals surface area contributed by atoms with E-state index in [1.54, 1.807) is 0 Å². The lowest BCUT2D eigenvalue weighted by molar-refractivity contribution is 0.984. The second-order valence-electron chi connectivity index (χ2n) is 6.87. The maximum atomic E-state index is 4.37. The summed E-state index contributed by atoms with van der Waals surface area (Å²) in [5, 5.41) is 0. The van der Waals surface area contributed by atoms with Gasteiger partial charge in [-0.3, -0.25) is 0 Å². The zero-order valence-electron chi connectivity index (χ0n) is 16.2. The summed E-state index contributed by atoms with van der Waals surface area (Å²) in [5.41, 5.74) is 5.82. The van der Waals surface area contributed by atoms with E-state index in [0.717, 1.165) is 12.1 Å².